The smallest absolute Gasteiger partial charge is 0.246 e. The number of amides is 1. The predicted molar refractivity (Wildman–Crippen MR) is 64.3 cm³/mol. The molecule has 4 nitrogen and oxygen atoms in total. The van der Waals surface area contributed by atoms with E-state index in [9.17, 15) is 4.79 Å². The van der Waals surface area contributed by atoms with Crippen molar-refractivity contribution in [3.8, 4) is 0 Å². The standard InChI is InChI=1S/C12H22N2O2/c1-2-3-8-16-10-12(15)14-9-11-4-6-13-7-5-11/h4,13H,2-3,5-10H2,1H3,(H,14,15). The molecule has 1 amide bonds. The Labute approximate surface area is 97.4 Å². The van der Waals surface area contributed by atoms with Gasteiger partial charge in [0.2, 0.25) is 5.91 Å². The molecule has 1 heterocycles. The third-order valence-corrected chi connectivity index (χ3v) is 2.55. The summed E-state index contributed by atoms with van der Waals surface area (Å²) in [4.78, 5) is 11.4. The first-order chi connectivity index (χ1) is 7.83. The van der Waals surface area contributed by atoms with Crippen LogP contribution in [0.1, 0.15) is 26.2 Å². The Hall–Kier alpha value is -0.870. The van der Waals surface area contributed by atoms with Crippen molar-refractivity contribution < 1.29 is 9.53 Å². The van der Waals surface area contributed by atoms with Crippen LogP contribution in [0.4, 0.5) is 0 Å². The van der Waals surface area contributed by atoms with E-state index in [0.29, 0.717) is 13.2 Å². The van der Waals surface area contributed by atoms with Gasteiger partial charge in [-0.2, -0.15) is 0 Å². The van der Waals surface area contributed by atoms with E-state index in [1.165, 1.54) is 5.57 Å². The van der Waals surface area contributed by atoms with Gasteiger partial charge in [-0.05, 0) is 19.4 Å². The van der Waals surface area contributed by atoms with E-state index < -0.39 is 0 Å². The number of ether oxygens (including phenoxy) is 1. The fourth-order valence-electron chi connectivity index (χ4n) is 1.50. The van der Waals surface area contributed by atoms with Gasteiger partial charge in [-0.3, -0.25) is 4.79 Å². The number of carbonyl (C=O) groups excluding carboxylic acids is 1. The van der Waals surface area contributed by atoms with Crippen molar-refractivity contribution in [3.63, 3.8) is 0 Å². The molecule has 0 aromatic rings. The zero-order valence-electron chi connectivity index (χ0n) is 10.1. The molecule has 0 saturated carbocycles. The molecule has 0 unspecified atom stereocenters. The van der Waals surface area contributed by atoms with E-state index >= 15 is 0 Å². The van der Waals surface area contributed by atoms with Crippen molar-refractivity contribution in [3.05, 3.63) is 11.6 Å². The summed E-state index contributed by atoms with van der Waals surface area (Å²) in [5.41, 5.74) is 1.31. The van der Waals surface area contributed by atoms with Gasteiger partial charge in [0, 0.05) is 19.7 Å². The van der Waals surface area contributed by atoms with Crippen LogP contribution in [0.15, 0.2) is 11.6 Å². The first-order valence-corrected chi connectivity index (χ1v) is 6.06. The molecule has 0 fully saturated rings. The van der Waals surface area contributed by atoms with Crippen LogP contribution < -0.4 is 10.6 Å². The summed E-state index contributed by atoms with van der Waals surface area (Å²) in [5, 5.41) is 6.11. The van der Waals surface area contributed by atoms with Gasteiger partial charge in [-0.1, -0.05) is 25.0 Å². The highest BCUT2D eigenvalue weighted by molar-refractivity contribution is 5.77. The molecule has 4 heteroatoms. The third-order valence-electron chi connectivity index (χ3n) is 2.55. The SMILES string of the molecule is CCCCOCC(=O)NCC1=CCNCC1. The van der Waals surface area contributed by atoms with Crippen LogP contribution in [0.5, 0.6) is 0 Å². The second-order valence-electron chi connectivity index (χ2n) is 4.00. The molecule has 1 aliphatic rings. The molecular weight excluding hydrogens is 204 g/mol. The largest absolute Gasteiger partial charge is 0.372 e. The minimum atomic E-state index is -0.0180. The number of unbranched alkanes of at least 4 members (excludes halogenated alkanes) is 1. The average molecular weight is 226 g/mol. The lowest BCUT2D eigenvalue weighted by molar-refractivity contribution is -0.125. The van der Waals surface area contributed by atoms with Gasteiger partial charge in [0.25, 0.3) is 0 Å². The molecular formula is C12H22N2O2. The average Bonchev–Trinajstić information content (AvgIpc) is 2.33. The van der Waals surface area contributed by atoms with Crippen molar-refractivity contribution in [1.82, 2.24) is 10.6 Å². The fraction of sp³-hybridized carbons (Fsp3) is 0.750. The first kappa shape index (κ1) is 13.2. The molecule has 0 saturated heterocycles. The lowest BCUT2D eigenvalue weighted by Gasteiger charge is -2.14. The van der Waals surface area contributed by atoms with E-state index in [4.69, 9.17) is 4.74 Å². The second kappa shape index (κ2) is 8.30. The molecule has 1 aliphatic heterocycles. The second-order valence-corrected chi connectivity index (χ2v) is 4.00. The van der Waals surface area contributed by atoms with Crippen molar-refractivity contribution in [2.45, 2.75) is 26.2 Å². The van der Waals surface area contributed by atoms with E-state index in [1.54, 1.807) is 0 Å². The number of rotatable bonds is 7. The lowest BCUT2D eigenvalue weighted by atomic mass is 10.1. The first-order valence-electron chi connectivity index (χ1n) is 6.06. The molecule has 92 valence electrons. The summed E-state index contributed by atoms with van der Waals surface area (Å²) >= 11 is 0. The van der Waals surface area contributed by atoms with Crippen molar-refractivity contribution in [2.24, 2.45) is 0 Å². The summed E-state index contributed by atoms with van der Waals surface area (Å²) in [6.07, 6.45) is 5.28. The minimum Gasteiger partial charge on any atom is -0.372 e. The third kappa shape index (κ3) is 5.88. The molecule has 0 aromatic carbocycles. The van der Waals surface area contributed by atoms with Crippen LogP contribution in [-0.4, -0.2) is 38.8 Å². The highest BCUT2D eigenvalue weighted by Crippen LogP contribution is 2.01. The Morgan fingerprint density at radius 3 is 3.19 bits per heavy atom. The Balaban J connectivity index is 2.03. The number of hydrogen-bond acceptors (Lipinski definition) is 3. The number of hydrogen-bond donors (Lipinski definition) is 2. The highest BCUT2D eigenvalue weighted by atomic mass is 16.5. The molecule has 0 bridgehead atoms. The molecule has 2 N–H and O–H groups in total. The van der Waals surface area contributed by atoms with E-state index in [-0.39, 0.29) is 12.5 Å². The number of carbonyl (C=O) groups is 1. The molecule has 0 atom stereocenters. The summed E-state index contributed by atoms with van der Waals surface area (Å²) in [7, 11) is 0. The van der Waals surface area contributed by atoms with Gasteiger partial charge < -0.3 is 15.4 Å². The molecule has 16 heavy (non-hydrogen) atoms. The quantitative estimate of drug-likeness (QED) is 0.499. The Morgan fingerprint density at radius 2 is 2.50 bits per heavy atom. The van der Waals surface area contributed by atoms with Crippen molar-refractivity contribution in [1.29, 1.82) is 0 Å². The number of nitrogens with one attached hydrogen (secondary N) is 2. The molecule has 0 radical (unpaired) electrons. The van der Waals surface area contributed by atoms with Crippen molar-refractivity contribution >= 4 is 5.91 Å². The highest BCUT2D eigenvalue weighted by Gasteiger charge is 2.05. The van der Waals surface area contributed by atoms with E-state index in [2.05, 4.69) is 23.6 Å². The van der Waals surface area contributed by atoms with Crippen LogP contribution in [0.25, 0.3) is 0 Å². The Morgan fingerprint density at radius 1 is 1.62 bits per heavy atom. The maximum absolute atomic E-state index is 11.4. The Bertz CT molecular complexity index is 239. The minimum absolute atomic E-state index is 0.0180. The molecule has 1 rings (SSSR count). The zero-order valence-corrected chi connectivity index (χ0v) is 10.1. The molecule has 0 aromatic heterocycles. The van der Waals surface area contributed by atoms with E-state index in [1.807, 2.05) is 0 Å². The summed E-state index contributed by atoms with van der Waals surface area (Å²) in [5.74, 6) is -0.0180. The van der Waals surface area contributed by atoms with Gasteiger partial charge >= 0.3 is 0 Å². The monoisotopic (exact) mass is 226 g/mol. The Kier molecular flexibility index (Phi) is 6.85. The van der Waals surface area contributed by atoms with Gasteiger partial charge in [0.15, 0.2) is 0 Å². The maximum Gasteiger partial charge on any atom is 0.246 e. The normalized spacial score (nSPS) is 15.7. The molecule has 0 spiro atoms. The van der Waals surface area contributed by atoms with Gasteiger partial charge in [-0.15, -0.1) is 0 Å². The summed E-state index contributed by atoms with van der Waals surface area (Å²) in [6, 6.07) is 0. The van der Waals surface area contributed by atoms with Crippen molar-refractivity contribution in [2.75, 3.05) is 32.8 Å². The topological polar surface area (TPSA) is 50.4 Å². The molecule has 0 aliphatic carbocycles. The van der Waals surface area contributed by atoms with Crippen LogP contribution in [0.2, 0.25) is 0 Å². The fourth-order valence-corrected chi connectivity index (χ4v) is 1.50. The van der Waals surface area contributed by atoms with Gasteiger partial charge in [0.05, 0.1) is 0 Å². The van der Waals surface area contributed by atoms with Crippen LogP contribution in [-0.2, 0) is 9.53 Å². The zero-order chi connectivity index (χ0) is 11.6. The lowest BCUT2D eigenvalue weighted by Crippen LogP contribution is -2.32. The van der Waals surface area contributed by atoms with Gasteiger partial charge in [-0.25, -0.2) is 0 Å². The van der Waals surface area contributed by atoms with Crippen LogP contribution in [0.3, 0.4) is 0 Å². The predicted octanol–water partition coefficient (Wildman–Crippen LogP) is 0.839. The van der Waals surface area contributed by atoms with Crippen LogP contribution in [0, 0.1) is 0 Å². The summed E-state index contributed by atoms with van der Waals surface area (Å²) in [6.45, 7) is 5.56. The summed E-state index contributed by atoms with van der Waals surface area (Å²) < 4.78 is 5.23. The maximum atomic E-state index is 11.4. The van der Waals surface area contributed by atoms with E-state index in [0.717, 1.165) is 32.4 Å². The van der Waals surface area contributed by atoms with Crippen LogP contribution >= 0.6 is 0 Å². The van der Waals surface area contributed by atoms with Gasteiger partial charge in [0.1, 0.15) is 6.61 Å².